The number of hydrogen-bond donors (Lipinski definition) is 1. The second-order valence-corrected chi connectivity index (χ2v) is 4.31. The molecule has 17 heavy (non-hydrogen) atoms. The number of benzene rings is 1. The zero-order valence-corrected chi connectivity index (χ0v) is 10.2. The number of ketones is 1. The zero-order valence-electron chi connectivity index (χ0n) is 9.43. The van der Waals surface area contributed by atoms with Crippen LogP contribution in [-0.2, 0) is 16.0 Å². The van der Waals surface area contributed by atoms with Crippen LogP contribution < -0.4 is 0 Å². The molecule has 0 bridgehead atoms. The van der Waals surface area contributed by atoms with Crippen LogP contribution in [0.25, 0.3) is 0 Å². The minimum Gasteiger partial charge on any atom is -0.396 e. The molecule has 0 fully saturated rings. The van der Waals surface area contributed by atoms with E-state index in [4.69, 9.17) is 16.7 Å². The van der Waals surface area contributed by atoms with Crippen molar-refractivity contribution in [2.24, 2.45) is 5.92 Å². The highest BCUT2D eigenvalue weighted by Crippen LogP contribution is 2.17. The van der Waals surface area contributed by atoms with Crippen molar-refractivity contribution >= 4 is 23.7 Å². The maximum absolute atomic E-state index is 11.6. The third kappa shape index (κ3) is 4.67. The predicted molar refractivity (Wildman–Crippen MR) is 66.0 cm³/mol. The van der Waals surface area contributed by atoms with Crippen LogP contribution in [0.1, 0.15) is 18.4 Å². The third-order valence-electron chi connectivity index (χ3n) is 2.61. The fraction of sp³-hybridized carbons (Fsp3) is 0.385. The van der Waals surface area contributed by atoms with Crippen LogP contribution in [0.2, 0.25) is 5.02 Å². The highest BCUT2D eigenvalue weighted by Gasteiger charge is 2.17. The lowest BCUT2D eigenvalue weighted by Gasteiger charge is -2.13. The summed E-state index contributed by atoms with van der Waals surface area (Å²) in [5, 5.41) is 9.56. The first kappa shape index (κ1) is 13.9. The fourth-order valence-corrected chi connectivity index (χ4v) is 1.81. The molecule has 0 saturated carbocycles. The predicted octanol–water partition coefficient (Wildman–Crippen LogP) is 2.04. The quantitative estimate of drug-likeness (QED) is 0.598. The van der Waals surface area contributed by atoms with Gasteiger partial charge in [-0.15, -0.1) is 0 Å². The maximum atomic E-state index is 11.6. The number of aliphatic hydroxyl groups excluding tert-OH is 1. The van der Waals surface area contributed by atoms with Crippen LogP contribution in [-0.4, -0.2) is 23.8 Å². The standard InChI is InChI=1S/C13H15ClO3/c14-12-3-1-10(2-4-12)9-11(5-7-15)13(17)6-8-16/h1-4,8,11,15H,5-7,9H2. The van der Waals surface area contributed by atoms with Crippen LogP contribution in [0.15, 0.2) is 24.3 Å². The van der Waals surface area contributed by atoms with Crippen molar-refractivity contribution in [2.75, 3.05) is 6.61 Å². The summed E-state index contributed by atoms with van der Waals surface area (Å²) >= 11 is 5.77. The third-order valence-corrected chi connectivity index (χ3v) is 2.86. The summed E-state index contributed by atoms with van der Waals surface area (Å²) in [6, 6.07) is 7.22. The van der Waals surface area contributed by atoms with E-state index in [-0.39, 0.29) is 24.7 Å². The minimum atomic E-state index is -0.300. The highest BCUT2D eigenvalue weighted by molar-refractivity contribution is 6.30. The average molecular weight is 255 g/mol. The Kier molecular flexibility index (Phi) is 5.87. The van der Waals surface area contributed by atoms with Gasteiger partial charge in [0.05, 0.1) is 6.42 Å². The summed E-state index contributed by atoms with van der Waals surface area (Å²) in [6.45, 7) is -0.0527. The molecule has 0 spiro atoms. The highest BCUT2D eigenvalue weighted by atomic mass is 35.5. The van der Waals surface area contributed by atoms with Crippen molar-refractivity contribution in [3.63, 3.8) is 0 Å². The van der Waals surface area contributed by atoms with E-state index in [0.717, 1.165) is 5.56 Å². The number of aliphatic hydroxyl groups is 1. The Labute approximate surface area is 105 Å². The lowest BCUT2D eigenvalue weighted by Crippen LogP contribution is -2.19. The molecular weight excluding hydrogens is 240 g/mol. The topological polar surface area (TPSA) is 54.4 Å². The van der Waals surface area contributed by atoms with Crippen molar-refractivity contribution < 1.29 is 14.7 Å². The van der Waals surface area contributed by atoms with Gasteiger partial charge in [-0.05, 0) is 30.5 Å². The van der Waals surface area contributed by atoms with Gasteiger partial charge in [-0.1, -0.05) is 23.7 Å². The van der Waals surface area contributed by atoms with Gasteiger partial charge in [0.25, 0.3) is 0 Å². The van der Waals surface area contributed by atoms with Crippen molar-refractivity contribution in [3.05, 3.63) is 34.9 Å². The Balaban J connectivity index is 2.68. The molecule has 0 aromatic heterocycles. The first-order valence-electron chi connectivity index (χ1n) is 5.49. The Hall–Kier alpha value is -1.19. The summed E-state index contributed by atoms with van der Waals surface area (Å²) in [7, 11) is 0. The first-order valence-corrected chi connectivity index (χ1v) is 5.86. The van der Waals surface area contributed by atoms with Crippen molar-refractivity contribution in [3.8, 4) is 0 Å². The van der Waals surface area contributed by atoms with Crippen LogP contribution in [0.5, 0.6) is 0 Å². The molecule has 92 valence electrons. The molecule has 0 amide bonds. The van der Waals surface area contributed by atoms with Gasteiger partial charge in [0.2, 0.25) is 0 Å². The summed E-state index contributed by atoms with van der Waals surface area (Å²) in [5.41, 5.74) is 0.979. The van der Waals surface area contributed by atoms with Crippen molar-refractivity contribution in [1.29, 1.82) is 0 Å². The molecule has 3 nitrogen and oxygen atoms in total. The molecule has 1 atom stereocenters. The van der Waals surface area contributed by atoms with Gasteiger partial charge in [0.15, 0.2) is 0 Å². The molecule has 0 radical (unpaired) electrons. The molecule has 0 heterocycles. The van der Waals surface area contributed by atoms with Gasteiger partial charge in [-0.3, -0.25) is 4.79 Å². The fourth-order valence-electron chi connectivity index (χ4n) is 1.69. The molecule has 4 heteroatoms. The largest absolute Gasteiger partial charge is 0.396 e. The van der Waals surface area contributed by atoms with Crippen molar-refractivity contribution in [1.82, 2.24) is 0 Å². The Bertz CT molecular complexity index is 373. The lowest BCUT2D eigenvalue weighted by molar-refractivity contribution is -0.125. The number of carbonyl (C=O) groups excluding carboxylic acids is 2. The number of aldehydes is 1. The number of carbonyl (C=O) groups is 2. The molecule has 1 rings (SSSR count). The summed E-state index contributed by atoms with van der Waals surface area (Å²) in [6.07, 6.45) is 1.44. The smallest absolute Gasteiger partial charge is 0.143 e. The molecule has 1 N–H and O–H groups in total. The zero-order chi connectivity index (χ0) is 12.7. The SMILES string of the molecule is O=CCC(=O)C(CCO)Cc1ccc(Cl)cc1. The number of halogens is 1. The number of hydrogen-bond acceptors (Lipinski definition) is 3. The molecule has 0 saturated heterocycles. The molecule has 0 aliphatic carbocycles. The Morgan fingerprint density at radius 1 is 1.35 bits per heavy atom. The van der Waals surface area contributed by atoms with E-state index in [1.54, 1.807) is 12.1 Å². The van der Waals surface area contributed by atoms with E-state index in [9.17, 15) is 9.59 Å². The normalized spacial score (nSPS) is 12.1. The number of rotatable bonds is 7. The van der Waals surface area contributed by atoms with Crippen molar-refractivity contribution in [2.45, 2.75) is 19.3 Å². The molecule has 1 aromatic rings. The second-order valence-electron chi connectivity index (χ2n) is 3.88. The van der Waals surface area contributed by atoms with Gasteiger partial charge < -0.3 is 9.90 Å². The molecule has 1 unspecified atom stereocenters. The molecular formula is C13H15ClO3. The van der Waals surface area contributed by atoms with Gasteiger partial charge in [-0.25, -0.2) is 0 Å². The van der Waals surface area contributed by atoms with Crippen LogP contribution in [0, 0.1) is 5.92 Å². The van der Waals surface area contributed by atoms with E-state index in [2.05, 4.69) is 0 Å². The van der Waals surface area contributed by atoms with E-state index in [0.29, 0.717) is 24.2 Å². The van der Waals surface area contributed by atoms with E-state index in [1.165, 1.54) is 0 Å². The second kappa shape index (κ2) is 7.20. The number of Topliss-reactive ketones (excluding diaryl/α,β-unsaturated/α-hetero) is 1. The van der Waals surface area contributed by atoms with E-state index in [1.807, 2.05) is 12.1 Å². The first-order chi connectivity index (χ1) is 8.17. The summed E-state index contributed by atoms with van der Waals surface area (Å²) in [5.74, 6) is -0.421. The van der Waals surface area contributed by atoms with Gasteiger partial charge in [-0.2, -0.15) is 0 Å². The van der Waals surface area contributed by atoms with Gasteiger partial charge in [0, 0.05) is 17.5 Å². The Morgan fingerprint density at radius 3 is 2.53 bits per heavy atom. The summed E-state index contributed by atoms with van der Waals surface area (Å²) < 4.78 is 0. The monoisotopic (exact) mass is 254 g/mol. The minimum absolute atomic E-state index is 0.0527. The maximum Gasteiger partial charge on any atom is 0.143 e. The molecule has 1 aromatic carbocycles. The van der Waals surface area contributed by atoms with Crippen LogP contribution >= 0.6 is 11.6 Å². The van der Waals surface area contributed by atoms with Gasteiger partial charge >= 0.3 is 0 Å². The molecule has 0 aliphatic rings. The van der Waals surface area contributed by atoms with Crippen LogP contribution in [0.4, 0.5) is 0 Å². The summed E-state index contributed by atoms with van der Waals surface area (Å²) in [4.78, 5) is 22.0. The lowest BCUT2D eigenvalue weighted by atomic mass is 9.91. The van der Waals surface area contributed by atoms with Gasteiger partial charge in [0.1, 0.15) is 12.1 Å². The molecule has 0 aliphatic heterocycles. The van der Waals surface area contributed by atoms with E-state index >= 15 is 0 Å². The van der Waals surface area contributed by atoms with E-state index < -0.39 is 0 Å². The average Bonchev–Trinajstić information content (AvgIpc) is 2.31. The van der Waals surface area contributed by atoms with Crippen LogP contribution in [0.3, 0.4) is 0 Å². The Morgan fingerprint density at radius 2 is 2.00 bits per heavy atom.